The van der Waals surface area contributed by atoms with E-state index < -0.39 is 5.92 Å². The van der Waals surface area contributed by atoms with Gasteiger partial charge in [-0.05, 0) is 43.2 Å². The molecule has 0 bridgehead atoms. The summed E-state index contributed by atoms with van der Waals surface area (Å²) in [5.74, 6) is -2.74. The lowest BCUT2D eigenvalue weighted by molar-refractivity contribution is -0.0438. The zero-order valence-corrected chi connectivity index (χ0v) is 16.3. The number of fused-ring (bicyclic) bond motifs is 1. The van der Waals surface area contributed by atoms with Crippen LogP contribution in [0.1, 0.15) is 31.7 Å². The van der Waals surface area contributed by atoms with Crippen LogP contribution in [-0.2, 0) is 0 Å². The van der Waals surface area contributed by atoms with Crippen molar-refractivity contribution in [3.63, 3.8) is 0 Å². The largest absolute Gasteiger partial charge is 0.360 e. The van der Waals surface area contributed by atoms with Crippen LogP contribution in [0.4, 0.5) is 19.0 Å². The number of halogens is 3. The third-order valence-electron chi connectivity index (χ3n) is 5.69. The average molecular weight is 422 g/mol. The molecule has 0 unspecified atom stereocenters. The van der Waals surface area contributed by atoms with Gasteiger partial charge in [-0.2, -0.15) is 0 Å². The van der Waals surface area contributed by atoms with Crippen LogP contribution in [0.5, 0.6) is 0 Å². The molecule has 156 valence electrons. The molecular weight excluding hydrogens is 405 g/mol. The Balaban J connectivity index is 1.67. The third kappa shape index (κ3) is 3.44. The summed E-state index contributed by atoms with van der Waals surface area (Å²) in [6.45, 7) is 7.32. The highest BCUT2D eigenvalue weighted by atomic mass is 19.3. The van der Waals surface area contributed by atoms with Crippen molar-refractivity contribution in [1.82, 2.24) is 24.1 Å². The van der Waals surface area contributed by atoms with Gasteiger partial charge < -0.3 is 9.41 Å². The fraction of sp³-hybridized carbons (Fsp3) is 0.273. The first-order valence-corrected chi connectivity index (χ1v) is 9.88. The molecule has 1 aliphatic carbocycles. The quantitative estimate of drug-likeness (QED) is 0.398. The first kappa shape index (κ1) is 19.3. The Hall–Kier alpha value is -3.67. The number of alkyl halides is 2. The lowest BCUT2D eigenvalue weighted by Crippen LogP contribution is -2.26. The summed E-state index contributed by atoms with van der Waals surface area (Å²) < 4.78 is 44.3. The molecule has 3 heterocycles. The maximum atomic E-state index is 13.7. The van der Waals surface area contributed by atoms with E-state index in [2.05, 4.69) is 19.9 Å². The van der Waals surface area contributed by atoms with Crippen LogP contribution in [-0.4, -0.2) is 30.1 Å². The number of hydrogen-bond donors (Lipinski definition) is 0. The second-order valence-electron chi connectivity index (χ2n) is 7.66. The molecule has 0 saturated heterocycles. The van der Waals surface area contributed by atoms with Gasteiger partial charge in [0.25, 0.3) is 5.82 Å². The lowest BCUT2D eigenvalue weighted by Gasteiger charge is -2.30. The van der Waals surface area contributed by atoms with Crippen LogP contribution in [0.3, 0.4) is 0 Å². The van der Waals surface area contributed by atoms with Gasteiger partial charge in [-0.25, -0.2) is 23.1 Å². The van der Waals surface area contributed by atoms with Crippen LogP contribution >= 0.6 is 0 Å². The first-order chi connectivity index (χ1) is 14.9. The standard InChI is InChI=1S/C22H17F3N6/c1-26-19-12-27-18-7-6-17(29-31(18)19)21-20(14-2-4-15(23)5-3-14)28-13-30(21)16-8-10-22(24,25)11-9-16/h2-7,12-13,16H,8-11H2. The van der Waals surface area contributed by atoms with E-state index >= 15 is 0 Å². The van der Waals surface area contributed by atoms with Crippen LogP contribution in [0.25, 0.3) is 33.1 Å². The molecule has 31 heavy (non-hydrogen) atoms. The van der Waals surface area contributed by atoms with Crippen molar-refractivity contribution in [2.45, 2.75) is 37.6 Å². The summed E-state index contributed by atoms with van der Waals surface area (Å²) >= 11 is 0. The molecule has 0 spiro atoms. The van der Waals surface area contributed by atoms with E-state index in [4.69, 9.17) is 6.57 Å². The Kier molecular flexibility index (Phi) is 4.50. The molecular formula is C22H17F3N6. The van der Waals surface area contributed by atoms with E-state index in [0.717, 1.165) is 0 Å². The molecule has 0 atom stereocenters. The van der Waals surface area contributed by atoms with Gasteiger partial charge in [-0.15, -0.1) is 4.52 Å². The van der Waals surface area contributed by atoms with Crippen molar-refractivity contribution < 1.29 is 13.2 Å². The topological polar surface area (TPSA) is 52.4 Å². The fourth-order valence-corrected chi connectivity index (χ4v) is 4.08. The highest BCUT2D eigenvalue weighted by Crippen LogP contribution is 2.41. The van der Waals surface area contributed by atoms with Crippen LogP contribution in [0.2, 0.25) is 0 Å². The summed E-state index contributed by atoms with van der Waals surface area (Å²) in [4.78, 5) is 12.2. The Morgan fingerprint density at radius 3 is 2.48 bits per heavy atom. The van der Waals surface area contributed by atoms with Crippen molar-refractivity contribution in [3.8, 4) is 22.6 Å². The highest BCUT2D eigenvalue weighted by molar-refractivity contribution is 5.77. The van der Waals surface area contributed by atoms with Crippen molar-refractivity contribution in [2.24, 2.45) is 0 Å². The normalized spacial score (nSPS) is 16.5. The smallest absolute Gasteiger partial charge is 0.275 e. The monoisotopic (exact) mass is 422 g/mol. The van der Waals surface area contributed by atoms with E-state index in [1.807, 2.05) is 4.57 Å². The summed E-state index contributed by atoms with van der Waals surface area (Å²) in [7, 11) is 0. The molecule has 9 heteroatoms. The predicted octanol–water partition coefficient (Wildman–Crippen LogP) is 5.70. The van der Waals surface area contributed by atoms with Gasteiger partial charge in [0, 0.05) is 30.5 Å². The molecule has 1 aliphatic rings. The highest BCUT2D eigenvalue weighted by Gasteiger charge is 2.36. The van der Waals surface area contributed by atoms with E-state index in [1.54, 1.807) is 30.6 Å². The first-order valence-electron chi connectivity index (χ1n) is 9.88. The van der Waals surface area contributed by atoms with Gasteiger partial charge in [0.05, 0.1) is 23.9 Å². The van der Waals surface area contributed by atoms with Gasteiger partial charge in [0.2, 0.25) is 11.6 Å². The molecule has 3 aromatic heterocycles. The van der Waals surface area contributed by atoms with Gasteiger partial charge in [-0.1, -0.05) is 11.7 Å². The summed E-state index contributed by atoms with van der Waals surface area (Å²) in [6, 6.07) is 9.32. The molecule has 1 fully saturated rings. The molecule has 1 saturated carbocycles. The zero-order chi connectivity index (χ0) is 21.6. The summed E-state index contributed by atoms with van der Waals surface area (Å²) in [6.07, 6.45) is 3.35. The summed E-state index contributed by atoms with van der Waals surface area (Å²) in [5, 5.41) is 4.59. The zero-order valence-electron chi connectivity index (χ0n) is 16.3. The molecule has 0 radical (unpaired) electrons. The summed E-state index contributed by atoms with van der Waals surface area (Å²) in [5.41, 5.74) is 2.97. The minimum Gasteiger partial charge on any atom is -0.360 e. The average Bonchev–Trinajstić information content (AvgIpc) is 3.38. The Labute approximate surface area is 175 Å². The number of nitrogens with zero attached hydrogens (tertiary/aromatic N) is 6. The second kappa shape index (κ2) is 7.23. The minimum absolute atomic E-state index is 0.156. The number of hydrogen-bond acceptors (Lipinski definition) is 3. The van der Waals surface area contributed by atoms with Crippen LogP contribution in [0, 0.1) is 12.4 Å². The molecule has 6 nitrogen and oxygen atoms in total. The Bertz CT molecular complexity index is 1290. The predicted molar refractivity (Wildman–Crippen MR) is 108 cm³/mol. The van der Waals surface area contributed by atoms with Crippen molar-refractivity contribution in [1.29, 1.82) is 0 Å². The van der Waals surface area contributed by atoms with Crippen LogP contribution < -0.4 is 0 Å². The SMILES string of the molecule is [C-]#[N+]c1cnc2ccc(-c3c(-c4ccc(F)cc4)ncn3C3CCC(F)(F)CC3)nn12. The number of rotatable bonds is 3. The van der Waals surface area contributed by atoms with Gasteiger partial charge in [-0.3, -0.25) is 0 Å². The Morgan fingerprint density at radius 2 is 1.77 bits per heavy atom. The van der Waals surface area contributed by atoms with E-state index in [0.29, 0.717) is 41.1 Å². The van der Waals surface area contributed by atoms with Gasteiger partial charge in [0.15, 0.2) is 0 Å². The molecule has 1 aromatic carbocycles. The minimum atomic E-state index is -2.64. The lowest BCUT2D eigenvalue weighted by atomic mass is 9.91. The van der Waals surface area contributed by atoms with Gasteiger partial charge in [0.1, 0.15) is 11.5 Å². The van der Waals surface area contributed by atoms with Crippen molar-refractivity contribution in [3.05, 3.63) is 66.2 Å². The Morgan fingerprint density at radius 1 is 1.03 bits per heavy atom. The molecule has 0 N–H and O–H groups in total. The maximum Gasteiger partial charge on any atom is 0.275 e. The van der Waals surface area contributed by atoms with E-state index in [1.165, 1.54) is 22.8 Å². The van der Waals surface area contributed by atoms with E-state index in [9.17, 15) is 13.2 Å². The molecule has 0 amide bonds. The van der Waals surface area contributed by atoms with Crippen LogP contribution in [0.15, 0.2) is 48.9 Å². The van der Waals surface area contributed by atoms with Crippen molar-refractivity contribution in [2.75, 3.05) is 0 Å². The fourth-order valence-electron chi connectivity index (χ4n) is 4.08. The number of imidazole rings is 2. The molecule has 4 aromatic rings. The number of aromatic nitrogens is 5. The van der Waals surface area contributed by atoms with Gasteiger partial charge >= 0.3 is 0 Å². The van der Waals surface area contributed by atoms with Crippen molar-refractivity contribution >= 4 is 11.5 Å². The van der Waals surface area contributed by atoms with E-state index in [-0.39, 0.29) is 30.5 Å². The second-order valence-corrected chi connectivity index (χ2v) is 7.66. The number of benzene rings is 1. The third-order valence-corrected chi connectivity index (χ3v) is 5.69. The molecule has 0 aliphatic heterocycles. The molecule has 5 rings (SSSR count). The maximum absolute atomic E-state index is 13.7.